The van der Waals surface area contributed by atoms with E-state index in [1.54, 1.807) is 0 Å². The van der Waals surface area contributed by atoms with Crippen molar-refractivity contribution in [3.05, 3.63) is 53.3 Å². The van der Waals surface area contributed by atoms with Gasteiger partial charge in [0.2, 0.25) is 0 Å². The number of nitrogens with one attached hydrogen (secondary N) is 1. The van der Waals surface area contributed by atoms with Crippen molar-refractivity contribution in [3.8, 4) is 0 Å². The molecule has 3 heteroatoms. The lowest BCUT2D eigenvalue weighted by Gasteiger charge is -2.21. The molecule has 1 N–H and O–H groups in total. The fourth-order valence-electron chi connectivity index (χ4n) is 2.70. The zero-order valence-corrected chi connectivity index (χ0v) is 13.5. The Morgan fingerprint density at radius 1 is 1.14 bits per heavy atom. The van der Waals surface area contributed by atoms with E-state index < -0.39 is 0 Å². The molecule has 0 aliphatic carbocycles. The van der Waals surface area contributed by atoms with Crippen molar-refractivity contribution in [2.45, 2.75) is 52.6 Å². The fraction of sp³-hybridized carbons (Fsp3) is 0.500. The molecule has 1 atom stereocenters. The topological polar surface area (TPSA) is 29.9 Å². The van der Waals surface area contributed by atoms with Gasteiger partial charge in [-0.1, -0.05) is 38.1 Å². The Kier molecular flexibility index (Phi) is 6.00. The van der Waals surface area contributed by atoms with E-state index in [0.29, 0.717) is 6.04 Å². The van der Waals surface area contributed by atoms with Gasteiger partial charge in [0.1, 0.15) is 0 Å². The van der Waals surface area contributed by atoms with Crippen LogP contribution >= 0.6 is 0 Å². The number of aryl methyl sites for hydroxylation is 2. The first-order chi connectivity index (χ1) is 10.3. The average Bonchev–Trinajstić information content (AvgIpc) is 2.94. The van der Waals surface area contributed by atoms with Gasteiger partial charge in [-0.25, -0.2) is 0 Å². The molecule has 1 aromatic heterocycles. The minimum absolute atomic E-state index is 0.333. The molecule has 0 spiro atoms. The molecule has 2 aromatic rings. The van der Waals surface area contributed by atoms with Gasteiger partial charge in [0.25, 0.3) is 0 Å². The first-order valence-electron chi connectivity index (χ1n) is 8.05. The molecule has 1 aromatic carbocycles. The van der Waals surface area contributed by atoms with E-state index in [9.17, 15) is 0 Å². The Balaban J connectivity index is 2.21. The van der Waals surface area contributed by atoms with Crippen LogP contribution in [0.25, 0.3) is 0 Å². The van der Waals surface area contributed by atoms with E-state index in [1.165, 1.54) is 16.8 Å². The summed E-state index contributed by atoms with van der Waals surface area (Å²) in [6.45, 7) is 8.62. The Bertz CT molecular complexity index is 545. The molecule has 0 aliphatic heterocycles. The molecule has 2 rings (SSSR count). The third kappa shape index (κ3) is 4.18. The van der Waals surface area contributed by atoms with Crippen LogP contribution in [0.3, 0.4) is 0 Å². The van der Waals surface area contributed by atoms with E-state index in [2.05, 4.69) is 66.2 Å². The number of aromatic nitrogens is 2. The minimum Gasteiger partial charge on any atom is -0.308 e. The molecular weight excluding hydrogens is 258 g/mol. The zero-order valence-electron chi connectivity index (χ0n) is 13.5. The maximum atomic E-state index is 4.48. The lowest BCUT2D eigenvalue weighted by atomic mass is 9.99. The van der Waals surface area contributed by atoms with Gasteiger partial charge in [0.05, 0.1) is 11.7 Å². The lowest BCUT2D eigenvalue weighted by Crippen LogP contribution is -2.27. The molecule has 1 heterocycles. The molecule has 0 saturated carbocycles. The van der Waals surface area contributed by atoms with Crippen molar-refractivity contribution >= 4 is 0 Å². The molecule has 1 unspecified atom stereocenters. The largest absolute Gasteiger partial charge is 0.308 e. The summed E-state index contributed by atoms with van der Waals surface area (Å²) in [4.78, 5) is 0. The van der Waals surface area contributed by atoms with Crippen molar-refractivity contribution in [2.75, 3.05) is 6.54 Å². The zero-order chi connectivity index (χ0) is 15.1. The van der Waals surface area contributed by atoms with Crippen molar-refractivity contribution in [1.29, 1.82) is 0 Å². The number of rotatable bonds is 8. The first kappa shape index (κ1) is 15.8. The fourth-order valence-corrected chi connectivity index (χ4v) is 2.70. The second-order valence-electron chi connectivity index (χ2n) is 5.62. The predicted molar refractivity (Wildman–Crippen MR) is 88.4 cm³/mol. The average molecular weight is 285 g/mol. The molecule has 0 amide bonds. The Labute approximate surface area is 128 Å². The van der Waals surface area contributed by atoms with Crippen LogP contribution in [0.4, 0.5) is 0 Å². The van der Waals surface area contributed by atoms with Gasteiger partial charge in [-0.15, -0.1) is 0 Å². The third-order valence-corrected chi connectivity index (χ3v) is 3.87. The van der Waals surface area contributed by atoms with E-state index in [-0.39, 0.29) is 0 Å². The molecule has 114 valence electrons. The molecule has 0 saturated heterocycles. The summed E-state index contributed by atoms with van der Waals surface area (Å²) >= 11 is 0. The highest BCUT2D eigenvalue weighted by molar-refractivity contribution is 5.27. The van der Waals surface area contributed by atoms with Crippen LogP contribution in [0, 0.1) is 6.92 Å². The van der Waals surface area contributed by atoms with Crippen molar-refractivity contribution in [3.63, 3.8) is 0 Å². The predicted octanol–water partition coefficient (Wildman–Crippen LogP) is 3.88. The van der Waals surface area contributed by atoms with Crippen LogP contribution in [-0.4, -0.2) is 16.3 Å². The monoisotopic (exact) mass is 285 g/mol. The van der Waals surface area contributed by atoms with Gasteiger partial charge in [0.15, 0.2) is 0 Å². The van der Waals surface area contributed by atoms with Crippen LogP contribution in [0.2, 0.25) is 0 Å². The standard InChI is InChI=1S/C18H27N3/c1-4-11-19-17(14-16-9-7-6-8-15(16)3)18-10-12-20-21(18)13-5-2/h6-10,12,17,19H,4-5,11,13-14H2,1-3H3. The Hall–Kier alpha value is -1.61. The number of hydrogen-bond acceptors (Lipinski definition) is 2. The molecule has 0 bridgehead atoms. The smallest absolute Gasteiger partial charge is 0.0556 e. The third-order valence-electron chi connectivity index (χ3n) is 3.87. The number of nitrogens with zero attached hydrogens (tertiary/aromatic N) is 2. The van der Waals surface area contributed by atoms with Gasteiger partial charge in [0, 0.05) is 12.7 Å². The van der Waals surface area contributed by atoms with Crippen molar-refractivity contribution < 1.29 is 0 Å². The number of benzene rings is 1. The molecule has 21 heavy (non-hydrogen) atoms. The Morgan fingerprint density at radius 2 is 1.95 bits per heavy atom. The molecule has 0 aliphatic rings. The summed E-state index contributed by atoms with van der Waals surface area (Å²) in [6, 6.07) is 11.1. The summed E-state index contributed by atoms with van der Waals surface area (Å²) in [7, 11) is 0. The second kappa shape index (κ2) is 7.99. The normalized spacial score (nSPS) is 12.5. The summed E-state index contributed by atoms with van der Waals surface area (Å²) < 4.78 is 2.14. The highest BCUT2D eigenvalue weighted by Gasteiger charge is 2.16. The lowest BCUT2D eigenvalue weighted by molar-refractivity contribution is 0.468. The van der Waals surface area contributed by atoms with Gasteiger partial charge in [-0.05, 0) is 49.9 Å². The SMILES string of the molecule is CCCNC(Cc1ccccc1C)c1ccnn1CCC. The van der Waals surface area contributed by atoms with Gasteiger partial charge in [-0.2, -0.15) is 5.10 Å². The van der Waals surface area contributed by atoms with Crippen LogP contribution < -0.4 is 5.32 Å². The summed E-state index contributed by atoms with van der Waals surface area (Å²) in [5, 5.41) is 8.16. The summed E-state index contributed by atoms with van der Waals surface area (Å²) in [5.74, 6) is 0. The maximum absolute atomic E-state index is 4.48. The van der Waals surface area contributed by atoms with Gasteiger partial charge in [-0.3, -0.25) is 4.68 Å². The maximum Gasteiger partial charge on any atom is 0.0556 e. The van der Waals surface area contributed by atoms with Crippen LogP contribution in [0.5, 0.6) is 0 Å². The molecular formula is C18H27N3. The quantitative estimate of drug-likeness (QED) is 0.797. The first-order valence-corrected chi connectivity index (χ1v) is 8.05. The van der Waals surface area contributed by atoms with Gasteiger partial charge < -0.3 is 5.32 Å². The van der Waals surface area contributed by atoms with Gasteiger partial charge >= 0.3 is 0 Å². The van der Waals surface area contributed by atoms with Crippen LogP contribution in [0.15, 0.2) is 36.5 Å². The van der Waals surface area contributed by atoms with E-state index in [1.807, 2.05) is 6.20 Å². The van der Waals surface area contributed by atoms with E-state index >= 15 is 0 Å². The van der Waals surface area contributed by atoms with Crippen LogP contribution in [0.1, 0.15) is 49.6 Å². The van der Waals surface area contributed by atoms with Crippen molar-refractivity contribution in [2.24, 2.45) is 0 Å². The van der Waals surface area contributed by atoms with E-state index in [4.69, 9.17) is 0 Å². The Morgan fingerprint density at radius 3 is 2.67 bits per heavy atom. The summed E-state index contributed by atoms with van der Waals surface area (Å²) in [6.07, 6.45) is 5.19. The molecule has 3 nitrogen and oxygen atoms in total. The minimum atomic E-state index is 0.333. The molecule has 0 radical (unpaired) electrons. The van der Waals surface area contributed by atoms with Crippen LogP contribution in [-0.2, 0) is 13.0 Å². The van der Waals surface area contributed by atoms with E-state index in [0.717, 1.165) is 32.4 Å². The molecule has 0 fully saturated rings. The number of hydrogen-bond donors (Lipinski definition) is 1. The second-order valence-corrected chi connectivity index (χ2v) is 5.62. The summed E-state index contributed by atoms with van der Waals surface area (Å²) in [5.41, 5.74) is 4.08. The highest BCUT2D eigenvalue weighted by atomic mass is 15.3. The highest BCUT2D eigenvalue weighted by Crippen LogP contribution is 2.20. The van der Waals surface area contributed by atoms with Crippen molar-refractivity contribution in [1.82, 2.24) is 15.1 Å².